The molecule has 4 rings (SSSR count). The van der Waals surface area contributed by atoms with E-state index in [1.165, 1.54) is 22.4 Å². The Kier molecular flexibility index (Phi) is 4.19. The lowest BCUT2D eigenvalue weighted by Crippen LogP contribution is -2.44. The van der Waals surface area contributed by atoms with Crippen LogP contribution in [0.4, 0.5) is 11.4 Å². The highest BCUT2D eigenvalue weighted by molar-refractivity contribution is 6.31. The van der Waals surface area contributed by atoms with Gasteiger partial charge in [0.05, 0.1) is 5.57 Å². The van der Waals surface area contributed by atoms with Crippen LogP contribution in [0.1, 0.15) is 22.3 Å². The van der Waals surface area contributed by atoms with Gasteiger partial charge in [0.15, 0.2) is 0 Å². The van der Waals surface area contributed by atoms with Gasteiger partial charge in [0.25, 0.3) is 5.91 Å². The van der Waals surface area contributed by atoms with Gasteiger partial charge in [0.1, 0.15) is 0 Å². The summed E-state index contributed by atoms with van der Waals surface area (Å²) >= 11 is 0. The van der Waals surface area contributed by atoms with Crippen LogP contribution in [0.25, 0.3) is 5.57 Å². The van der Waals surface area contributed by atoms with Gasteiger partial charge in [-0.15, -0.1) is 0 Å². The number of nitrogens with one attached hydrogen (secondary N) is 1. The van der Waals surface area contributed by atoms with Crippen molar-refractivity contribution in [2.24, 2.45) is 0 Å². The van der Waals surface area contributed by atoms with E-state index in [0.717, 1.165) is 43.0 Å². The SMILES string of the molecule is Cc1ccc2c(c1)/C(=C\N1CCN(c3cccc(C)c3C)CC1)C(=O)N2. The monoisotopic (exact) mass is 347 g/mol. The molecule has 0 aromatic heterocycles. The number of fused-ring (bicyclic) bond motifs is 1. The number of carbonyl (C=O) groups is 1. The Labute approximate surface area is 155 Å². The van der Waals surface area contributed by atoms with Crippen LogP contribution in [0, 0.1) is 20.8 Å². The van der Waals surface area contributed by atoms with Crippen molar-refractivity contribution in [1.29, 1.82) is 0 Å². The smallest absolute Gasteiger partial charge is 0.257 e. The highest BCUT2D eigenvalue weighted by Crippen LogP contribution is 2.33. The van der Waals surface area contributed by atoms with Gasteiger partial charge in [-0.1, -0.05) is 23.8 Å². The van der Waals surface area contributed by atoms with E-state index in [2.05, 4.69) is 60.2 Å². The Morgan fingerprint density at radius 3 is 2.54 bits per heavy atom. The topological polar surface area (TPSA) is 35.6 Å². The third-order valence-corrected chi connectivity index (χ3v) is 5.50. The van der Waals surface area contributed by atoms with E-state index in [0.29, 0.717) is 0 Å². The fourth-order valence-electron chi connectivity index (χ4n) is 3.78. The van der Waals surface area contributed by atoms with Gasteiger partial charge < -0.3 is 15.1 Å². The number of amides is 1. The molecule has 0 atom stereocenters. The summed E-state index contributed by atoms with van der Waals surface area (Å²) in [5.41, 5.74) is 7.92. The zero-order valence-corrected chi connectivity index (χ0v) is 15.7. The number of piperazine rings is 1. The molecule has 0 radical (unpaired) electrons. The van der Waals surface area contributed by atoms with Crippen LogP contribution in [0.5, 0.6) is 0 Å². The summed E-state index contributed by atoms with van der Waals surface area (Å²) in [6, 6.07) is 12.6. The third kappa shape index (κ3) is 2.96. The zero-order valence-electron chi connectivity index (χ0n) is 15.7. The quantitative estimate of drug-likeness (QED) is 0.841. The summed E-state index contributed by atoms with van der Waals surface area (Å²) in [6.45, 7) is 10.2. The number of nitrogens with zero attached hydrogens (tertiary/aromatic N) is 2. The molecule has 1 amide bonds. The lowest BCUT2D eigenvalue weighted by atomic mass is 10.0. The summed E-state index contributed by atoms with van der Waals surface area (Å²) in [7, 11) is 0. The average molecular weight is 347 g/mol. The molecule has 0 bridgehead atoms. The normalized spacial score (nSPS) is 18.3. The maximum Gasteiger partial charge on any atom is 0.257 e. The van der Waals surface area contributed by atoms with Crippen molar-refractivity contribution in [3.05, 3.63) is 64.9 Å². The lowest BCUT2D eigenvalue weighted by Gasteiger charge is -2.36. The van der Waals surface area contributed by atoms with E-state index in [9.17, 15) is 4.79 Å². The average Bonchev–Trinajstić information content (AvgIpc) is 2.93. The second-order valence-electron chi connectivity index (χ2n) is 7.29. The Balaban J connectivity index is 1.51. The minimum Gasteiger partial charge on any atom is -0.373 e. The van der Waals surface area contributed by atoms with E-state index in [1.807, 2.05) is 18.3 Å². The van der Waals surface area contributed by atoms with Gasteiger partial charge in [-0.2, -0.15) is 0 Å². The van der Waals surface area contributed by atoms with Gasteiger partial charge in [-0.3, -0.25) is 4.79 Å². The molecule has 2 aromatic rings. The number of anilines is 2. The van der Waals surface area contributed by atoms with Crippen molar-refractivity contribution < 1.29 is 4.79 Å². The molecule has 2 heterocycles. The minimum absolute atomic E-state index is 0.00237. The summed E-state index contributed by atoms with van der Waals surface area (Å²) in [4.78, 5) is 17.1. The fourth-order valence-corrected chi connectivity index (χ4v) is 3.78. The van der Waals surface area contributed by atoms with Crippen molar-refractivity contribution >= 4 is 22.9 Å². The number of benzene rings is 2. The second kappa shape index (κ2) is 6.52. The molecule has 0 unspecified atom stereocenters. The standard InChI is InChI=1S/C22H25N3O/c1-15-7-8-20-18(13-15)19(22(26)23-20)14-24-9-11-25(12-10-24)21-6-4-5-16(2)17(21)3/h4-8,13-14H,9-12H2,1-3H3,(H,23,26)/b19-14+. The van der Waals surface area contributed by atoms with Crippen molar-refractivity contribution in [3.63, 3.8) is 0 Å². The summed E-state index contributed by atoms with van der Waals surface area (Å²) in [6.07, 6.45) is 2.04. The number of aryl methyl sites for hydroxylation is 2. The largest absolute Gasteiger partial charge is 0.373 e. The molecule has 0 saturated carbocycles. The Hall–Kier alpha value is -2.75. The molecule has 134 valence electrons. The zero-order chi connectivity index (χ0) is 18.3. The Bertz CT molecular complexity index is 892. The van der Waals surface area contributed by atoms with Gasteiger partial charge in [-0.25, -0.2) is 0 Å². The summed E-state index contributed by atoms with van der Waals surface area (Å²) in [5.74, 6) is 0.00237. The molecule has 1 N–H and O–H groups in total. The molecule has 2 aliphatic rings. The number of carbonyl (C=O) groups excluding carboxylic acids is 1. The van der Waals surface area contributed by atoms with Crippen molar-refractivity contribution in [2.45, 2.75) is 20.8 Å². The van der Waals surface area contributed by atoms with Gasteiger partial charge >= 0.3 is 0 Å². The fraction of sp³-hybridized carbons (Fsp3) is 0.318. The lowest BCUT2D eigenvalue weighted by molar-refractivity contribution is -0.110. The summed E-state index contributed by atoms with van der Waals surface area (Å²) < 4.78 is 0. The van der Waals surface area contributed by atoms with Crippen LogP contribution in [-0.4, -0.2) is 37.0 Å². The predicted molar refractivity (Wildman–Crippen MR) is 107 cm³/mol. The van der Waals surface area contributed by atoms with E-state index in [1.54, 1.807) is 0 Å². The molecule has 0 aliphatic carbocycles. The van der Waals surface area contributed by atoms with Crippen LogP contribution in [0.2, 0.25) is 0 Å². The van der Waals surface area contributed by atoms with Crippen LogP contribution >= 0.6 is 0 Å². The first-order valence-electron chi connectivity index (χ1n) is 9.22. The molecule has 1 saturated heterocycles. The van der Waals surface area contributed by atoms with Crippen LogP contribution < -0.4 is 10.2 Å². The van der Waals surface area contributed by atoms with Crippen LogP contribution in [0.15, 0.2) is 42.6 Å². The van der Waals surface area contributed by atoms with Crippen LogP contribution in [-0.2, 0) is 4.79 Å². The molecule has 1 fully saturated rings. The first-order valence-corrected chi connectivity index (χ1v) is 9.22. The van der Waals surface area contributed by atoms with Crippen molar-refractivity contribution in [3.8, 4) is 0 Å². The maximum atomic E-state index is 12.4. The Morgan fingerprint density at radius 1 is 1.00 bits per heavy atom. The van der Waals surface area contributed by atoms with E-state index in [-0.39, 0.29) is 5.91 Å². The first kappa shape index (κ1) is 16.7. The predicted octanol–water partition coefficient (Wildman–Crippen LogP) is 3.73. The Morgan fingerprint density at radius 2 is 1.77 bits per heavy atom. The van der Waals surface area contributed by atoms with E-state index >= 15 is 0 Å². The molecule has 0 spiro atoms. The molecule has 26 heavy (non-hydrogen) atoms. The third-order valence-electron chi connectivity index (χ3n) is 5.50. The van der Waals surface area contributed by atoms with Gasteiger partial charge in [0, 0.05) is 49.3 Å². The van der Waals surface area contributed by atoms with Gasteiger partial charge in [-0.05, 0) is 50.1 Å². The highest BCUT2D eigenvalue weighted by atomic mass is 16.2. The molecule has 4 nitrogen and oxygen atoms in total. The van der Waals surface area contributed by atoms with Crippen molar-refractivity contribution in [1.82, 2.24) is 4.90 Å². The van der Waals surface area contributed by atoms with Crippen LogP contribution in [0.3, 0.4) is 0 Å². The number of rotatable bonds is 2. The van der Waals surface area contributed by atoms with E-state index < -0.39 is 0 Å². The van der Waals surface area contributed by atoms with Crippen molar-refractivity contribution in [2.75, 3.05) is 36.4 Å². The van der Waals surface area contributed by atoms with Gasteiger partial charge in [0.2, 0.25) is 0 Å². The highest BCUT2D eigenvalue weighted by Gasteiger charge is 2.26. The first-order chi connectivity index (χ1) is 12.5. The maximum absolute atomic E-state index is 12.4. The number of hydrogen-bond acceptors (Lipinski definition) is 3. The molecule has 2 aromatic carbocycles. The molecular weight excluding hydrogens is 322 g/mol. The van der Waals surface area contributed by atoms with E-state index in [4.69, 9.17) is 0 Å². The molecular formula is C22H25N3O. The minimum atomic E-state index is 0.00237. The molecule has 4 heteroatoms. The summed E-state index contributed by atoms with van der Waals surface area (Å²) in [5, 5.41) is 2.97. The molecule has 2 aliphatic heterocycles. The number of hydrogen-bond donors (Lipinski definition) is 1. The second-order valence-corrected chi connectivity index (χ2v) is 7.29.